The van der Waals surface area contributed by atoms with Gasteiger partial charge in [0.15, 0.2) is 5.82 Å². The van der Waals surface area contributed by atoms with Crippen molar-refractivity contribution in [1.29, 1.82) is 0 Å². The fourth-order valence-electron chi connectivity index (χ4n) is 2.11. The van der Waals surface area contributed by atoms with E-state index in [1.165, 1.54) is 0 Å². The van der Waals surface area contributed by atoms with Crippen LogP contribution in [0.2, 0.25) is 0 Å². The number of nitrogens with zero attached hydrogens (tertiary/aromatic N) is 3. The van der Waals surface area contributed by atoms with Crippen molar-refractivity contribution in [2.45, 2.75) is 19.8 Å². The van der Waals surface area contributed by atoms with Gasteiger partial charge in [-0.2, -0.15) is 5.10 Å². The number of hydrogen-bond acceptors (Lipinski definition) is 2. The van der Waals surface area contributed by atoms with E-state index in [0.29, 0.717) is 5.82 Å². The fraction of sp³-hybridized carbons (Fsp3) is 0.375. The third-order valence-electron chi connectivity index (χ3n) is 3.38. The summed E-state index contributed by atoms with van der Waals surface area (Å²) in [5.41, 5.74) is 2.05. The molecular weight excluding hydrogens is 264 g/mol. The van der Waals surface area contributed by atoms with E-state index in [-0.39, 0.29) is 6.03 Å². The minimum absolute atomic E-state index is 0.124. The number of nitrogens with one attached hydrogen (secondary N) is 1. The van der Waals surface area contributed by atoms with Gasteiger partial charge in [0.1, 0.15) is 0 Å². The zero-order chi connectivity index (χ0) is 15.2. The molecule has 0 aliphatic heterocycles. The molecule has 0 aliphatic carbocycles. The van der Waals surface area contributed by atoms with Gasteiger partial charge < -0.3 is 4.90 Å². The maximum absolute atomic E-state index is 12.0. The highest BCUT2D eigenvalue weighted by Crippen LogP contribution is 2.21. The van der Waals surface area contributed by atoms with Gasteiger partial charge in [0.25, 0.3) is 0 Å². The van der Waals surface area contributed by atoms with Crippen LogP contribution >= 0.6 is 0 Å². The molecule has 0 saturated carbocycles. The Labute approximate surface area is 125 Å². The van der Waals surface area contributed by atoms with Crippen LogP contribution in [0.25, 0.3) is 11.3 Å². The van der Waals surface area contributed by atoms with Crippen LogP contribution in [0.3, 0.4) is 0 Å². The molecule has 1 aromatic carbocycles. The number of aryl methyl sites for hydroxylation is 1. The summed E-state index contributed by atoms with van der Waals surface area (Å²) in [6, 6.07) is 11.8. The second-order valence-electron chi connectivity index (χ2n) is 5.11. The number of urea groups is 1. The van der Waals surface area contributed by atoms with Gasteiger partial charge in [-0.3, -0.25) is 10.00 Å². The number of hydrogen-bond donors (Lipinski definition) is 1. The Morgan fingerprint density at radius 2 is 2.05 bits per heavy atom. The lowest BCUT2D eigenvalue weighted by Crippen LogP contribution is -2.32. The Morgan fingerprint density at radius 3 is 2.71 bits per heavy atom. The molecule has 0 bridgehead atoms. The summed E-state index contributed by atoms with van der Waals surface area (Å²) < 4.78 is 1.77. The van der Waals surface area contributed by atoms with Gasteiger partial charge in [0, 0.05) is 26.7 Å². The standard InChI is InChI=1S/C16H22N4O/c1-4-5-11-19(2)16(21)17-15-12-14(20(3)18-15)13-9-7-6-8-10-13/h6-10,12H,4-5,11H2,1-3H3,(H,17,18,21). The molecule has 0 fully saturated rings. The Morgan fingerprint density at radius 1 is 1.33 bits per heavy atom. The number of carbonyl (C=O) groups excluding carboxylic acids is 1. The first-order valence-corrected chi connectivity index (χ1v) is 7.23. The average molecular weight is 286 g/mol. The number of unbranched alkanes of at least 4 members (excludes halogenated alkanes) is 1. The van der Waals surface area contributed by atoms with Crippen molar-refractivity contribution in [3.8, 4) is 11.3 Å². The van der Waals surface area contributed by atoms with Gasteiger partial charge >= 0.3 is 6.03 Å². The second kappa shape index (κ2) is 6.92. The molecule has 2 amide bonds. The summed E-state index contributed by atoms with van der Waals surface area (Å²) in [7, 11) is 3.67. The Kier molecular flexibility index (Phi) is 4.98. The summed E-state index contributed by atoms with van der Waals surface area (Å²) in [6.45, 7) is 2.86. The molecular formula is C16H22N4O. The van der Waals surface area contributed by atoms with E-state index in [0.717, 1.165) is 30.6 Å². The lowest BCUT2D eigenvalue weighted by molar-refractivity contribution is 0.221. The Balaban J connectivity index is 2.07. The molecule has 0 radical (unpaired) electrons. The summed E-state index contributed by atoms with van der Waals surface area (Å²) >= 11 is 0. The summed E-state index contributed by atoms with van der Waals surface area (Å²) in [4.78, 5) is 13.7. The minimum Gasteiger partial charge on any atom is -0.328 e. The van der Waals surface area contributed by atoms with Crippen LogP contribution in [-0.4, -0.2) is 34.3 Å². The maximum atomic E-state index is 12.0. The first-order valence-electron chi connectivity index (χ1n) is 7.23. The van der Waals surface area contributed by atoms with Gasteiger partial charge in [-0.15, -0.1) is 0 Å². The number of rotatable bonds is 5. The predicted molar refractivity (Wildman–Crippen MR) is 85.2 cm³/mol. The molecule has 2 rings (SSSR count). The van der Waals surface area contributed by atoms with Crippen molar-refractivity contribution >= 4 is 11.8 Å². The van der Waals surface area contributed by atoms with Crippen molar-refractivity contribution in [3.63, 3.8) is 0 Å². The number of anilines is 1. The van der Waals surface area contributed by atoms with Crippen LogP contribution in [-0.2, 0) is 7.05 Å². The van der Waals surface area contributed by atoms with Crippen LogP contribution in [0.15, 0.2) is 36.4 Å². The molecule has 2 aromatic rings. The molecule has 1 heterocycles. The topological polar surface area (TPSA) is 50.2 Å². The highest BCUT2D eigenvalue weighted by atomic mass is 16.2. The third-order valence-corrected chi connectivity index (χ3v) is 3.38. The van der Waals surface area contributed by atoms with Crippen LogP contribution in [0.4, 0.5) is 10.6 Å². The molecule has 0 unspecified atom stereocenters. The van der Waals surface area contributed by atoms with E-state index in [1.807, 2.05) is 43.4 Å². The van der Waals surface area contributed by atoms with Crippen LogP contribution in [0.5, 0.6) is 0 Å². The van der Waals surface area contributed by atoms with E-state index in [2.05, 4.69) is 17.3 Å². The molecule has 0 aliphatic rings. The van der Waals surface area contributed by atoms with Crippen molar-refractivity contribution in [3.05, 3.63) is 36.4 Å². The molecule has 1 aromatic heterocycles. The number of aromatic nitrogens is 2. The molecule has 112 valence electrons. The predicted octanol–water partition coefficient (Wildman–Crippen LogP) is 3.35. The van der Waals surface area contributed by atoms with Crippen molar-refractivity contribution in [2.24, 2.45) is 7.05 Å². The van der Waals surface area contributed by atoms with E-state index < -0.39 is 0 Å². The summed E-state index contributed by atoms with van der Waals surface area (Å²) in [5.74, 6) is 0.574. The van der Waals surface area contributed by atoms with Gasteiger partial charge in [0.05, 0.1) is 5.69 Å². The summed E-state index contributed by atoms with van der Waals surface area (Å²) in [6.07, 6.45) is 2.07. The number of carbonyl (C=O) groups is 1. The van der Waals surface area contributed by atoms with Gasteiger partial charge in [-0.1, -0.05) is 43.7 Å². The van der Waals surface area contributed by atoms with Crippen LogP contribution in [0.1, 0.15) is 19.8 Å². The molecule has 5 heteroatoms. The highest BCUT2D eigenvalue weighted by Gasteiger charge is 2.12. The number of benzene rings is 1. The SMILES string of the molecule is CCCCN(C)C(=O)Nc1cc(-c2ccccc2)n(C)n1. The van der Waals surface area contributed by atoms with Crippen LogP contribution in [0, 0.1) is 0 Å². The average Bonchev–Trinajstić information content (AvgIpc) is 2.86. The molecule has 1 N–H and O–H groups in total. The van der Waals surface area contributed by atoms with Gasteiger partial charge in [-0.25, -0.2) is 4.79 Å². The Bertz CT molecular complexity index is 592. The third kappa shape index (κ3) is 3.84. The first-order chi connectivity index (χ1) is 10.1. The van der Waals surface area contributed by atoms with E-state index in [1.54, 1.807) is 16.6 Å². The van der Waals surface area contributed by atoms with Crippen LogP contribution < -0.4 is 5.32 Å². The van der Waals surface area contributed by atoms with Gasteiger partial charge in [0.2, 0.25) is 0 Å². The van der Waals surface area contributed by atoms with Crippen molar-refractivity contribution < 1.29 is 4.79 Å². The maximum Gasteiger partial charge on any atom is 0.322 e. The zero-order valence-electron chi connectivity index (χ0n) is 12.8. The quantitative estimate of drug-likeness (QED) is 0.916. The second-order valence-corrected chi connectivity index (χ2v) is 5.11. The lowest BCUT2D eigenvalue weighted by atomic mass is 10.1. The first kappa shape index (κ1) is 15.1. The molecule has 0 spiro atoms. The Hall–Kier alpha value is -2.30. The monoisotopic (exact) mass is 286 g/mol. The van der Waals surface area contributed by atoms with Crippen molar-refractivity contribution in [1.82, 2.24) is 14.7 Å². The zero-order valence-corrected chi connectivity index (χ0v) is 12.8. The van der Waals surface area contributed by atoms with E-state index in [4.69, 9.17) is 0 Å². The smallest absolute Gasteiger partial charge is 0.322 e. The molecule has 0 saturated heterocycles. The van der Waals surface area contributed by atoms with Crippen molar-refractivity contribution in [2.75, 3.05) is 18.9 Å². The van der Waals surface area contributed by atoms with E-state index in [9.17, 15) is 4.79 Å². The molecule has 5 nitrogen and oxygen atoms in total. The normalized spacial score (nSPS) is 10.4. The number of amides is 2. The summed E-state index contributed by atoms with van der Waals surface area (Å²) in [5, 5.41) is 7.18. The fourth-order valence-corrected chi connectivity index (χ4v) is 2.11. The lowest BCUT2D eigenvalue weighted by Gasteiger charge is -2.16. The molecule has 0 atom stereocenters. The minimum atomic E-state index is -0.124. The molecule has 21 heavy (non-hydrogen) atoms. The van der Waals surface area contributed by atoms with E-state index >= 15 is 0 Å². The highest BCUT2D eigenvalue weighted by molar-refractivity contribution is 5.88. The largest absolute Gasteiger partial charge is 0.328 e. The van der Waals surface area contributed by atoms with Gasteiger partial charge in [-0.05, 0) is 12.0 Å².